The summed E-state index contributed by atoms with van der Waals surface area (Å²) in [5.74, 6) is 2.62. The molecule has 106 valence electrons. The molecule has 1 aromatic carbocycles. The first-order valence-corrected chi connectivity index (χ1v) is 7.24. The van der Waals surface area contributed by atoms with Crippen LogP contribution in [-0.2, 0) is 5.54 Å². The van der Waals surface area contributed by atoms with Crippen molar-refractivity contribution < 1.29 is 4.74 Å². The lowest BCUT2D eigenvalue weighted by atomic mass is 9.98. The van der Waals surface area contributed by atoms with E-state index in [2.05, 4.69) is 56.8 Å². The molecule has 0 spiro atoms. The van der Waals surface area contributed by atoms with Crippen LogP contribution in [-0.4, -0.2) is 21.9 Å². The number of aromatic nitrogens is 3. The minimum Gasteiger partial charge on any atom is -0.495 e. The van der Waals surface area contributed by atoms with E-state index in [1.54, 1.807) is 7.11 Å². The van der Waals surface area contributed by atoms with Crippen molar-refractivity contribution in [3.05, 3.63) is 27.8 Å². The molecule has 1 aliphatic rings. The molecule has 0 bridgehead atoms. The molecule has 2 heterocycles. The largest absolute Gasteiger partial charge is 0.495 e. The molecule has 0 saturated carbocycles. The molecule has 0 unspecified atom stereocenters. The molecule has 1 aromatic heterocycles. The van der Waals surface area contributed by atoms with Crippen molar-refractivity contribution in [2.45, 2.75) is 33.2 Å². The van der Waals surface area contributed by atoms with Gasteiger partial charge in [-0.05, 0) is 49.2 Å². The highest BCUT2D eigenvalue weighted by Crippen LogP contribution is 2.44. The van der Waals surface area contributed by atoms with Gasteiger partial charge in [0.1, 0.15) is 11.6 Å². The number of hydrogen-bond donors (Lipinski definition) is 1. The Labute approximate surface area is 126 Å². The zero-order valence-corrected chi connectivity index (χ0v) is 13.8. The fourth-order valence-corrected chi connectivity index (χ4v) is 3.18. The molecule has 1 N–H and O–H groups in total. The molecule has 20 heavy (non-hydrogen) atoms. The van der Waals surface area contributed by atoms with Crippen molar-refractivity contribution in [3.63, 3.8) is 0 Å². The summed E-state index contributed by atoms with van der Waals surface area (Å²) in [6.07, 6.45) is 0. The number of aryl methyl sites for hydroxylation is 1. The Morgan fingerprint density at radius 2 is 2.00 bits per heavy atom. The van der Waals surface area contributed by atoms with Gasteiger partial charge in [-0.25, -0.2) is 0 Å². The predicted molar refractivity (Wildman–Crippen MR) is 81.7 cm³/mol. The van der Waals surface area contributed by atoms with E-state index in [0.717, 1.165) is 38.8 Å². The predicted octanol–water partition coefficient (Wildman–Crippen LogP) is 3.32. The van der Waals surface area contributed by atoms with Gasteiger partial charge in [-0.1, -0.05) is 0 Å². The van der Waals surface area contributed by atoms with Gasteiger partial charge < -0.3 is 10.1 Å². The first kappa shape index (κ1) is 13.4. The molecule has 3 rings (SSSR count). The molecule has 0 fully saturated rings. The topological polar surface area (TPSA) is 52.0 Å². The summed E-state index contributed by atoms with van der Waals surface area (Å²) < 4.78 is 8.51. The summed E-state index contributed by atoms with van der Waals surface area (Å²) in [5.41, 5.74) is 2.93. The zero-order valence-electron chi connectivity index (χ0n) is 12.2. The molecule has 0 amide bonds. The van der Waals surface area contributed by atoms with Crippen LogP contribution in [0, 0.1) is 13.8 Å². The van der Waals surface area contributed by atoms with Crippen LogP contribution < -0.4 is 10.1 Å². The monoisotopic (exact) mass is 336 g/mol. The van der Waals surface area contributed by atoms with Gasteiger partial charge in [-0.2, -0.15) is 0 Å². The Bertz CT molecular complexity index is 706. The van der Waals surface area contributed by atoms with Crippen LogP contribution in [0.15, 0.2) is 10.5 Å². The molecule has 0 aliphatic carbocycles. The first-order valence-electron chi connectivity index (χ1n) is 6.45. The summed E-state index contributed by atoms with van der Waals surface area (Å²) in [5, 5.41) is 12.1. The molecule has 0 atom stereocenters. The SMILES string of the molecule is COc1cc2c(c(C)c1Br)-n1c(C)nnc1C(C)(C)N2. The molecule has 1 aliphatic heterocycles. The van der Waals surface area contributed by atoms with Crippen molar-refractivity contribution in [2.24, 2.45) is 0 Å². The number of nitrogens with one attached hydrogen (secondary N) is 1. The molecular weight excluding hydrogens is 320 g/mol. The average Bonchev–Trinajstić information content (AvgIpc) is 2.76. The van der Waals surface area contributed by atoms with Gasteiger partial charge in [0.05, 0.1) is 28.5 Å². The standard InChI is InChI=1S/C14H17BrN4O/c1-7-11(15)10(20-5)6-9-12(7)19-8(2)17-18-13(19)14(3,4)16-9/h6,16H,1-5H3. The third-order valence-corrected chi connectivity index (χ3v) is 4.69. The molecule has 0 radical (unpaired) electrons. The van der Waals surface area contributed by atoms with Gasteiger partial charge in [0.15, 0.2) is 5.82 Å². The molecule has 5 nitrogen and oxygen atoms in total. The highest BCUT2D eigenvalue weighted by Gasteiger charge is 2.35. The summed E-state index contributed by atoms with van der Waals surface area (Å²) in [6.45, 7) is 8.23. The van der Waals surface area contributed by atoms with Crippen LogP contribution >= 0.6 is 15.9 Å². The highest BCUT2D eigenvalue weighted by atomic mass is 79.9. The van der Waals surface area contributed by atoms with Crippen LogP contribution in [0.5, 0.6) is 5.75 Å². The third-order valence-electron chi connectivity index (χ3n) is 3.71. The van der Waals surface area contributed by atoms with Gasteiger partial charge in [-0.3, -0.25) is 4.57 Å². The number of anilines is 1. The van der Waals surface area contributed by atoms with Gasteiger partial charge >= 0.3 is 0 Å². The zero-order chi connectivity index (χ0) is 14.7. The summed E-state index contributed by atoms with van der Waals surface area (Å²) in [4.78, 5) is 0. The number of nitrogens with zero attached hydrogens (tertiary/aromatic N) is 3. The molecular formula is C14H17BrN4O. The minimum atomic E-state index is -0.278. The lowest BCUT2D eigenvalue weighted by molar-refractivity contribution is 0.411. The molecule has 0 saturated heterocycles. The number of benzene rings is 1. The first-order chi connectivity index (χ1) is 9.36. The van der Waals surface area contributed by atoms with Gasteiger partial charge in [0.25, 0.3) is 0 Å². The Hall–Kier alpha value is -1.56. The lowest BCUT2D eigenvalue weighted by Gasteiger charge is -2.35. The summed E-state index contributed by atoms with van der Waals surface area (Å²) in [6, 6.07) is 2.01. The second-order valence-electron chi connectivity index (χ2n) is 5.57. The van der Waals surface area contributed by atoms with E-state index >= 15 is 0 Å². The van der Waals surface area contributed by atoms with E-state index in [1.165, 1.54) is 0 Å². The Kier molecular flexibility index (Phi) is 2.83. The normalized spacial score (nSPS) is 15.3. The fourth-order valence-electron chi connectivity index (χ4n) is 2.71. The Balaban J connectivity index is 2.38. The van der Waals surface area contributed by atoms with E-state index in [4.69, 9.17) is 4.74 Å². The minimum absolute atomic E-state index is 0.278. The van der Waals surface area contributed by atoms with Crippen molar-refractivity contribution in [1.29, 1.82) is 0 Å². The van der Waals surface area contributed by atoms with E-state index in [0.29, 0.717) is 0 Å². The quantitative estimate of drug-likeness (QED) is 0.867. The number of hydrogen-bond acceptors (Lipinski definition) is 4. The highest BCUT2D eigenvalue weighted by molar-refractivity contribution is 9.10. The van der Waals surface area contributed by atoms with Gasteiger partial charge in [0.2, 0.25) is 0 Å². The number of methoxy groups -OCH3 is 1. The summed E-state index contributed by atoms with van der Waals surface area (Å²) >= 11 is 3.61. The second-order valence-corrected chi connectivity index (χ2v) is 6.36. The van der Waals surface area contributed by atoms with Gasteiger partial charge in [-0.15, -0.1) is 10.2 Å². The maximum Gasteiger partial charge on any atom is 0.162 e. The maximum absolute atomic E-state index is 5.43. The Morgan fingerprint density at radius 3 is 2.65 bits per heavy atom. The number of ether oxygens (including phenoxy) is 1. The van der Waals surface area contributed by atoms with E-state index in [1.807, 2.05) is 13.0 Å². The Morgan fingerprint density at radius 1 is 1.30 bits per heavy atom. The third kappa shape index (κ3) is 1.67. The smallest absolute Gasteiger partial charge is 0.162 e. The van der Waals surface area contributed by atoms with Gasteiger partial charge in [0, 0.05) is 6.07 Å². The van der Waals surface area contributed by atoms with Crippen molar-refractivity contribution in [3.8, 4) is 11.4 Å². The lowest BCUT2D eigenvalue weighted by Crippen LogP contribution is -2.36. The van der Waals surface area contributed by atoms with E-state index in [-0.39, 0.29) is 5.54 Å². The van der Waals surface area contributed by atoms with E-state index in [9.17, 15) is 0 Å². The molecule has 6 heteroatoms. The van der Waals surface area contributed by atoms with Crippen molar-refractivity contribution in [1.82, 2.24) is 14.8 Å². The van der Waals surface area contributed by atoms with Crippen LogP contribution in [0.3, 0.4) is 0 Å². The number of fused-ring (bicyclic) bond motifs is 3. The summed E-state index contributed by atoms with van der Waals surface area (Å²) in [7, 11) is 1.68. The van der Waals surface area contributed by atoms with Crippen LogP contribution in [0.2, 0.25) is 0 Å². The number of halogens is 1. The van der Waals surface area contributed by atoms with Crippen molar-refractivity contribution in [2.75, 3.05) is 12.4 Å². The van der Waals surface area contributed by atoms with Crippen LogP contribution in [0.4, 0.5) is 5.69 Å². The fraction of sp³-hybridized carbons (Fsp3) is 0.429. The van der Waals surface area contributed by atoms with Crippen LogP contribution in [0.25, 0.3) is 5.69 Å². The maximum atomic E-state index is 5.43. The average molecular weight is 337 g/mol. The van der Waals surface area contributed by atoms with E-state index < -0.39 is 0 Å². The van der Waals surface area contributed by atoms with Crippen LogP contribution in [0.1, 0.15) is 31.1 Å². The number of rotatable bonds is 1. The van der Waals surface area contributed by atoms with Crippen molar-refractivity contribution >= 4 is 21.6 Å². The second kappa shape index (κ2) is 4.22. The molecule has 2 aromatic rings.